The van der Waals surface area contributed by atoms with E-state index < -0.39 is 0 Å². The summed E-state index contributed by atoms with van der Waals surface area (Å²) in [4.78, 5) is 12.4. The molecule has 1 amide bonds. The second-order valence-electron chi connectivity index (χ2n) is 5.53. The van der Waals surface area contributed by atoms with E-state index in [1.165, 1.54) is 6.21 Å². The van der Waals surface area contributed by atoms with Crippen LogP contribution < -0.4 is 19.6 Å². The Balaban J connectivity index is 2.11. The van der Waals surface area contributed by atoms with Crippen LogP contribution in [0.4, 0.5) is 0 Å². The maximum Gasteiger partial charge on any atom is 0.271 e. The molecule has 0 radical (unpaired) electrons. The largest absolute Gasteiger partial charge is 0.496 e. The minimum absolute atomic E-state index is 0.344. The second-order valence-corrected chi connectivity index (χ2v) is 6.44. The molecule has 27 heavy (non-hydrogen) atoms. The molecule has 0 atom stereocenters. The van der Waals surface area contributed by atoms with Gasteiger partial charge in [0.15, 0.2) is 11.5 Å². The third-order valence-corrected chi connectivity index (χ3v) is 4.02. The van der Waals surface area contributed by atoms with Crippen molar-refractivity contribution >= 4 is 28.1 Å². The Hall–Kier alpha value is -2.54. The van der Waals surface area contributed by atoms with Gasteiger partial charge in [-0.05, 0) is 49.7 Å². The van der Waals surface area contributed by atoms with Crippen molar-refractivity contribution in [1.29, 1.82) is 0 Å². The quantitative estimate of drug-likeness (QED) is 0.468. The van der Waals surface area contributed by atoms with Crippen molar-refractivity contribution in [3.63, 3.8) is 0 Å². The van der Waals surface area contributed by atoms with Crippen LogP contribution >= 0.6 is 15.9 Å². The van der Waals surface area contributed by atoms with Crippen LogP contribution in [0.5, 0.6) is 17.2 Å². The number of nitrogens with one attached hydrogen (secondary N) is 1. The van der Waals surface area contributed by atoms with Crippen LogP contribution in [-0.4, -0.2) is 32.4 Å². The Bertz CT molecular complexity index is 809. The second kappa shape index (κ2) is 10.6. The fourth-order valence-corrected chi connectivity index (χ4v) is 2.66. The molecule has 0 aromatic heterocycles. The summed E-state index contributed by atoms with van der Waals surface area (Å²) in [6.45, 7) is 4.98. The molecule has 2 aromatic rings. The van der Waals surface area contributed by atoms with E-state index in [4.69, 9.17) is 14.2 Å². The number of carbonyl (C=O) groups excluding carboxylic acids is 1. The van der Waals surface area contributed by atoms with Crippen molar-refractivity contribution in [2.24, 2.45) is 5.10 Å². The first-order valence-corrected chi connectivity index (χ1v) is 9.44. The van der Waals surface area contributed by atoms with Gasteiger partial charge in [0.05, 0.1) is 26.5 Å². The minimum atomic E-state index is -0.344. The molecule has 6 nitrogen and oxygen atoms in total. The molecule has 0 unspecified atom stereocenters. The molecule has 0 heterocycles. The smallest absolute Gasteiger partial charge is 0.271 e. The van der Waals surface area contributed by atoms with E-state index >= 15 is 0 Å². The van der Waals surface area contributed by atoms with Gasteiger partial charge >= 0.3 is 0 Å². The highest BCUT2D eigenvalue weighted by molar-refractivity contribution is 9.10. The predicted molar refractivity (Wildman–Crippen MR) is 109 cm³/mol. The number of hydrogen-bond acceptors (Lipinski definition) is 5. The Morgan fingerprint density at radius 1 is 1.11 bits per heavy atom. The number of ether oxygens (including phenoxy) is 3. The van der Waals surface area contributed by atoms with Gasteiger partial charge in [-0.2, -0.15) is 5.10 Å². The van der Waals surface area contributed by atoms with Gasteiger partial charge in [0.1, 0.15) is 5.75 Å². The van der Waals surface area contributed by atoms with Crippen LogP contribution in [0.1, 0.15) is 36.2 Å². The number of methoxy groups -OCH3 is 1. The first-order valence-electron chi connectivity index (χ1n) is 8.65. The van der Waals surface area contributed by atoms with Crippen LogP contribution in [-0.2, 0) is 0 Å². The van der Waals surface area contributed by atoms with Crippen LogP contribution in [0, 0.1) is 0 Å². The molecule has 0 aliphatic rings. The van der Waals surface area contributed by atoms with E-state index in [9.17, 15) is 4.79 Å². The molecule has 0 saturated heterocycles. The summed E-state index contributed by atoms with van der Waals surface area (Å²) in [5.74, 6) is 1.48. The third kappa shape index (κ3) is 5.99. The molecule has 0 fully saturated rings. The van der Waals surface area contributed by atoms with Crippen molar-refractivity contribution in [2.75, 3.05) is 20.3 Å². The molecular formula is C20H23BrN2O4. The van der Waals surface area contributed by atoms with Crippen LogP contribution in [0.2, 0.25) is 0 Å². The average molecular weight is 435 g/mol. The lowest BCUT2D eigenvalue weighted by molar-refractivity contribution is 0.0954. The van der Waals surface area contributed by atoms with E-state index in [2.05, 4.69) is 26.5 Å². The number of benzene rings is 2. The molecular weight excluding hydrogens is 412 g/mol. The van der Waals surface area contributed by atoms with Gasteiger partial charge in [-0.3, -0.25) is 4.79 Å². The van der Waals surface area contributed by atoms with Crippen molar-refractivity contribution in [3.8, 4) is 17.2 Å². The molecule has 0 spiro atoms. The van der Waals surface area contributed by atoms with Gasteiger partial charge in [-0.15, -0.1) is 0 Å². The lowest BCUT2D eigenvalue weighted by Crippen LogP contribution is -2.18. The number of hydrogen-bond donors (Lipinski definition) is 1. The van der Waals surface area contributed by atoms with Crippen LogP contribution in [0.15, 0.2) is 46.0 Å². The molecule has 144 valence electrons. The molecule has 1 N–H and O–H groups in total. The van der Waals surface area contributed by atoms with E-state index in [1.54, 1.807) is 25.3 Å². The van der Waals surface area contributed by atoms with Gasteiger partial charge in [0, 0.05) is 15.6 Å². The monoisotopic (exact) mass is 434 g/mol. The highest BCUT2D eigenvalue weighted by atomic mass is 79.9. The van der Waals surface area contributed by atoms with Gasteiger partial charge in [0.2, 0.25) is 0 Å². The molecule has 2 rings (SSSR count). The van der Waals surface area contributed by atoms with Gasteiger partial charge in [-0.25, -0.2) is 5.43 Å². The van der Waals surface area contributed by atoms with E-state index in [0.29, 0.717) is 36.0 Å². The summed E-state index contributed by atoms with van der Waals surface area (Å²) in [6, 6.07) is 10.6. The summed E-state index contributed by atoms with van der Waals surface area (Å²) in [5, 5.41) is 4.02. The highest BCUT2D eigenvalue weighted by Gasteiger charge is 2.11. The molecule has 0 saturated carbocycles. The number of amides is 1. The molecule has 0 aliphatic heterocycles. The number of rotatable bonds is 9. The average Bonchev–Trinajstić information content (AvgIpc) is 2.67. The van der Waals surface area contributed by atoms with Crippen molar-refractivity contribution in [3.05, 3.63) is 52.0 Å². The Labute approximate surface area is 167 Å². The first kappa shape index (κ1) is 20.8. The maximum absolute atomic E-state index is 12.4. The van der Waals surface area contributed by atoms with E-state index in [0.717, 1.165) is 16.5 Å². The van der Waals surface area contributed by atoms with Gasteiger partial charge < -0.3 is 14.2 Å². The van der Waals surface area contributed by atoms with Crippen LogP contribution in [0.25, 0.3) is 0 Å². The molecule has 0 bridgehead atoms. The number of hydrazone groups is 1. The summed E-state index contributed by atoms with van der Waals surface area (Å²) in [5.41, 5.74) is 3.69. The zero-order chi connectivity index (χ0) is 19.6. The van der Waals surface area contributed by atoms with E-state index in [1.807, 2.05) is 32.0 Å². The van der Waals surface area contributed by atoms with Crippen molar-refractivity contribution < 1.29 is 19.0 Å². The third-order valence-electron chi connectivity index (χ3n) is 3.53. The zero-order valence-electron chi connectivity index (χ0n) is 15.6. The molecule has 0 aliphatic carbocycles. The Morgan fingerprint density at radius 3 is 2.59 bits per heavy atom. The van der Waals surface area contributed by atoms with E-state index in [-0.39, 0.29) is 5.91 Å². The minimum Gasteiger partial charge on any atom is -0.496 e. The lowest BCUT2D eigenvalue weighted by Gasteiger charge is -2.12. The normalized spacial score (nSPS) is 10.7. The standard InChI is InChI=1S/C20H23BrN2O4/c1-4-10-27-18-8-6-14(12-19(18)26-5-2)20(24)23-22-13-15-11-16(21)7-9-17(15)25-3/h6-9,11-13H,4-5,10H2,1-3H3,(H,23,24)/b22-13+. The Kier molecular flexibility index (Phi) is 8.13. The summed E-state index contributed by atoms with van der Waals surface area (Å²) in [6.07, 6.45) is 2.42. The van der Waals surface area contributed by atoms with Crippen LogP contribution in [0.3, 0.4) is 0 Å². The number of carbonyl (C=O) groups is 1. The Morgan fingerprint density at radius 2 is 1.89 bits per heavy atom. The van der Waals surface area contributed by atoms with Crippen molar-refractivity contribution in [2.45, 2.75) is 20.3 Å². The number of halogens is 1. The fourth-order valence-electron chi connectivity index (χ4n) is 2.28. The summed E-state index contributed by atoms with van der Waals surface area (Å²) < 4.78 is 17.4. The number of nitrogens with zero attached hydrogens (tertiary/aromatic N) is 1. The fraction of sp³-hybridized carbons (Fsp3) is 0.300. The first-order chi connectivity index (χ1) is 13.1. The molecule has 7 heteroatoms. The zero-order valence-corrected chi connectivity index (χ0v) is 17.2. The SMILES string of the molecule is CCCOc1ccc(C(=O)N/N=C/c2cc(Br)ccc2OC)cc1OCC. The summed E-state index contributed by atoms with van der Waals surface area (Å²) >= 11 is 3.40. The summed E-state index contributed by atoms with van der Waals surface area (Å²) in [7, 11) is 1.58. The lowest BCUT2D eigenvalue weighted by atomic mass is 10.2. The molecule has 2 aromatic carbocycles. The highest BCUT2D eigenvalue weighted by Crippen LogP contribution is 2.28. The van der Waals surface area contributed by atoms with Gasteiger partial charge in [-0.1, -0.05) is 22.9 Å². The topological polar surface area (TPSA) is 69.2 Å². The maximum atomic E-state index is 12.4. The predicted octanol–water partition coefficient (Wildman–Crippen LogP) is 4.41. The van der Waals surface area contributed by atoms with Gasteiger partial charge in [0.25, 0.3) is 5.91 Å². The van der Waals surface area contributed by atoms with Crippen molar-refractivity contribution in [1.82, 2.24) is 5.43 Å².